The molecule has 2 aliphatic carbocycles. The maximum Gasteiger partial charge on any atom is 0.315 e. The number of rotatable bonds is 7. The van der Waals surface area contributed by atoms with E-state index in [4.69, 9.17) is 4.74 Å². The number of hydrogen-bond acceptors (Lipinski definition) is 2. The van der Waals surface area contributed by atoms with Crippen molar-refractivity contribution in [3.8, 4) is 0 Å². The average molecular weight is 236 g/mol. The van der Waals surface area contributed by atoms with Gasteiger partial charge in [-0.05, 0) is 31.6 Å². The van der Waals surface area contributed by atoms with Crippen LogP contribution in [0, 0.1) is 11.3 Å². The van der Waals surface area contributed by atoms with Gasteiger partial charge in [-0.3, -0.25) is 4.79 Å². The first-order valence-corrected chi connectivity index (χ1v) is 7.13. The Morgan fingerprint density at radius 1 is 1.35 bits per heavy atom. The largest absolute Gasteiger partial charge is 0.465 e. The normalized spacial score (nSPS) is 29.8. The van der Waals surface area contributed by atoms with Crippen LogP contribution in [0.15, 0.2) is 12.2 Å². The fourth-order valence-corrected chi connectivity index (χ4v) is 3.02. The molecule has 96 valence electrons. The molecule has 0 radical (unpaired) electrons. The molecule has 2 nitrogen and oxygen atoms in total. The third-order valence-corrected chi connectivity index (χ3v) is 4.16. The molecule has 0 aromatic carbocycles. The zero-order valence-electron chi connectivity index (χ0n) is 10.9. The van der Waals surface area contributed by atoms with Gasteiger partial charge in [-0.2, -0.15) is 0 Å². The molecule has 2 aliphatic rings. The Hall–Kier alpha value is -0.790. The summed E-state index contributed by atoms with van der Waals surface area (Å²) in [6.45, 7) is 2.82. The number of fused-ring (bicyclic) bond motifs is 2. The minimum atomic E-state index is -0.228. The lowest BCUT2D eigenvalue weighted by molar-refractivity contribution is -0.152. The summed E-state index contributed by atoms with van der Waals surface area (Å²) in [4.78, 5) is 12.0. The monoisotopic (exact) mass is 236 g/mol. The highest BCUT2D eigenvalue weighted by Crippen LogP contribution is 2.49. The summed E-state index contributed by atoms with van der Waals surface area (Å²) in [5.74, 6) is 0.677. The fraction of sp³-hybridized carbons (Fsp3) is 0.800. The van der Waals surface area contributed by atoms with Gasteiger partial charge < -0.3 is 4.74 Å². The van der Waals surface area contributed by atoms with Gasteiger partial charge in [0.1, 0.15) is 0 Å². The van der Waals surface area contributed by atoms with Gasteiger partial charge in [-0.15, -0.1) is 0 Å². The van der Waals surface area contributed by atoms with Crippen LogP contribution in [0.25, 0.3) is 0 Å². The molecule has 1 saturated carbocycles. The molecule has 0 spiro atoms. The van der Waals surface area contributed by atoms with Crippen molar-refractivity contribution in [2.45, 2.75) is 58.3 Å². The van der Waals surface area contributed by atoms with Crippen molar-refractivity contribution in [3.63, 3.8) is 0 Å². The van der Waals surface area contributed by atoms with E-state index in [9.17, 15) is 4.79 Å². The number of hydrogen-bond donors (Lipinski definition) is 0. The van der Waals surface area contributed by atoms with E-state index in [1.165, 1.54) is 32.1 Å². The second-order valence-corrected chi connectivity index (χ2v) is 5.57. The van der Waals surface area contributed by atoms with E-state index >= 15 is 0 Å². The van der Waals surface area contributed by atoms with Crippen LogP contribution in [0.1, 0.15) is 58.3 Å². The summed E-state index contributed by atoms with van der Waals surface area (Å²) < 4.78 is 5.44. The first-order valence-electron chi connectivity index (χ1n) is 7.13. The number of unbranched alkanes of at least 4 members (excludes halogenated alkanes) is 4. The van der Waals surface area contributed by atoms with Gasteiger partial charge >= 0.3 is 5.97 Å². The fourth-order valence-electron chi connectivity index (χ4n) is 3.02. The van der Waals surface area contributed by atoms with Crippen molar-refractivity contribution in [3.05, 3.63) is 12.2 Å². The second kappa shape index (κ2) is 5.70. The standard InChI is InChI=1S/C15H24O2/c1-2-3-4-5-6-11-17-14(16)15-9-7-13(12-15)8-10-15/h7,9,13H,2-6,8,10-12H2,1H3. The van der Waals surface area contributed by atoms with Crippen LogP contribution in [-0.4, -0.2) is 12.6 Å². The highest BCUT2D eigenvalue weighted by molar-refractivity contribution is 5.80. The minimum Gasteiger partial charge on any atom is -0.465 e. The number of carbonyl (C=O) groups excluding carboxylic acids is 1. The molecule has 0 aromatic heterocycles. The molecule has 0 N–H and O–H groups in total. The highest BCUT2D eigenvalue weighted by atomic mass is 16.5. The van der Waals surface area contributed by atoms with E-state index in [1.807, 2.05) is 0 Å². The van der Waals surface area contributed by atoms with Crippen molar-refractivity contribution < 1.29 is 9.53 Å². The van der Waals surface area contributed by atoms with Gasteiger partial charge in [-0.1, -0.05) is 44.8 Å². The number of esters is 1. The Labute approximate surface area is 104 Å². The lowest BCUT2D eigenvalue weighted by atomic mass is 9.88. The summed E-state index contributed by atoms with van der Waals surface area (Å²) in [7, 11) is 0. The van der Waals surface area contributed by atoms with Crippen molar-refractivity contribution in [2.24, 2.45) is 11.3 Å². The van der Waals surface area contributed by atoms with E-state index in [2.05, 4.69) is 19.1 Å². The first-order chi connectivity index (χ1) is 8.27. The van der Waals surface area contributed by atoms with Gasteiger partial charge in [0.2, 0.25) is 0 Å². The Morgan fingerprint density at radius 2 is 2.18 bits per heavy atom. The average Bonchev–Trinajstić information content (AvgIpc) is 2.95. The maximum absolute atomic E-state index is 12.0. The van der Waals surface area contributed by atoms with E-state index < -0.39 is 0 Å². The van der Waals surface area contributed by atoms with Crippen molar-refractivity contribution in [2.75, 3.05) is 6.61 Å². The maximum atomic E-state index is 12.0. The van der Waals surface area contributed by atoms with Crippen LogP contribution < -0.4 is 0 Å². The van der Waals surface area contributed by atoms with Crippen LogP contribution in [0.3, 0.4) is 0 Å². The van der Waals surface area contributed by atoms with Crippen molar-refractivity contribution >= 4 is 5.97 Å². The third kappa shape index (κ3) is 2.91. The zero-order valence-corrected chi connectivity index (χ0v) is 10.9. The van der Waals surface area contributed by atoms with Gasteiger partial charge in [-0.25, -0.2) is 0 Å². The molecule has 2 unspecified atom stereocenters. The first kappa shape index (κ1) is 12.7. The molecule has 0 saturated heterocycles. The lowest BCUT2D eigenvalue weighted by Gasteiger charge is -2.21. The molecule has 1 fully saturated rings. The van der Waals surface area contributed by atoms with Crippen LogP contribution in [-0.2, 0) is 9.53 Å². The second-order valence-electron chi connectivity index (χ2n) is 5.57. The van der Waals surface area contributed by atoms with Crippen molar-refractivity contribution in [1.82, 2.24) is 0 Å². The van der Waals surface area contributed by atoms with E-state index in [0.717, 1.165) is 19.3 Å². The highest BCUT2D eigenvalue weighted by Gasteiger charge is 2.47. The predicted molar refractivity (Wildman–Crippen MR) is 68.6 cm³/mol. The van der Waals surface area contributed by atoms with E-state index in [0.29, 0.717) is 12.5 Å². The van der Waals surface area contributed by atoms with Crippen LogP contribution in [0.4, 0.5) is 0 Å². The summed E-state index contributed by atoms with van der Waals surface area (Å²) in [5, 5.41) is 0. The van der Waals surface area contributed by atoms with E-state index in [1.54, 1.807) is 0 Å². The zero-order chi connectivity index (χ0) is 12.1. The molecule has 2 bridgehead atoms. The predicted octanol–water partition coefficient (Wildman–Crippen LogP) is 3.86. The SMILES string of the molecule is CCCCCCCOC(=O)C12C=CC(CC1)C2. The molecule has 0 aliphatic heterocycles. The van der Waals surface area contributed by atoms with Gasteiger partial charge in [0.25, 0.3) is 0 Å². The summed E-state index contributed by atoms with van der Waals surface area (Å²) in [6.07, 6.45) is 13.5. The smallest absolute Gasteiger partial charge is 0.315 e. The van der Waals surface area contributed by atoms with Gasteiger partial charge in [0.15, 0.2) is 0 Å². The molecule has 0 aromatic rings. The molecular formula is C15H24O2. The molecule has 2 heteroatoms. The quantitative estimate of drug-likeness (QED) is 0.381. The third-order valence-electron chi connectivity index (χ3n) is 4.16. The van der Waals surface area contributed by atoms with Crippen molar-refractivity contribution in [1.29, 1.82) is 0 Å². The summed E-state index contributed by atoms with van der Waals surface area (Å²) in [5.41, 5.74) is -0.228. The molecule has 2 atom stereocenters. The molecule has 0 amide bonds. The van der Waals surface area contributed by atoms with E-state index in [-0.39, 0.29) is 11.4 Å². The number of carbonyl (C=O) groups is 1. The van der Waals surface area contributed by atoms with Gasteiger partial charge in [0, 0.05) is 0 Å². The molecule has 0 heterocycles. The summed E-state index contributed by atoms with van der Waals surface area (Å²) in [6, 6.07) is 0. The number of allylic oxidation sites excluding steroid dienone is 1. The Balaban J connectivity index is 1.63. The molecule has 17 heavy (non-hydrogen) atoms. The Kier molecular flexibility index (Phi) is 4.25. The molecule has 2 rings (SSSR count). The van der Waals surface area contributed by atoms with Crippen LogP contribution >= 0.6 is 0 Å². The topological polar surface area (TPSA) is 26.3 Å². The van der Waals surface area contributed by atoms with Crippen LogP contribution in [0.2, 0.25) is 0 Å². The minimum absolute atomic E-state index is 0.0317. The van der Waals surface area contributed by atoms with Crippen LogP contribution in [0.5, 0.6) is 0 Å². The number of ether oxygens (including phenoxy) is 1. The lowest BCUT2D eigenvalue weighted by Crippen LogP contribution is -2.27. The summed E-state index contributed by atoms with van der Waals surface area (Å²) >= 11 is 0. The Bertz CT molecular complexity index is 295. The molecular weight excluding hydrogens is 212 g/mol. The van der Waals surface area contributed by atoms with Gasteiger partial charge in [0.05, 0.1) is 12.0 Å². The Morgan fingerprint density at radius 3 is 2.76 bits per heavy atom.